The summed E-state index contributed by atoms with van der Waals surface area (Å²) < 4.78 is 5.24. The second-order valence-electron chi connectivity index (χ2n) is 5.26. The maximum atomic E-state index is 12.1. The van der Waals surface area contributed by atoms with Gasteiger partial charge in [0.25, 0.3) is 0 Å². The summed E-state index contributed by atoms with van der Waals surface area (Å²) in [6.45, 7) is 3.84. The summed E-state index contributed by atoms with van der Waals surface area (Å²) in [6, 6.07) is 8.32. The van der Waals surface area contributed by atoms with Crippen LogP contribution in [0.4, 0.5) is 0 Å². The topological polar surface area (TPSA) is 64.4 Å². The number of carbonyl (C=O) groups is 1. The molecule has 1 aromatic carbocycles. The van der Waals surface area contributed by atoms with E-state index in [1.807, 2.05) is 6.07 Å². The summed E-state index contributed by atoms with van der Waals surface area (Å²) >= 11 is 0. The quantitative estimate of drug-likeness (QED) is 0.856. The molecule has 4 heteroatoms. The van der Waals surface area contributed by atoms with Crippen molar-refractivity contribution in [3.8, 4) is 0 Å². The molecule has 0 saturated carbocycles. The summed E-state index contributed by atoms with van der Waals surface area (Å²) in [5, 5.41) is 2.94. The van der Waals surface area contributed by atoms with E-state index in [0.717, 1.165) is 6.42 Å². The van der Waals surface area contributed by atoms with Crippen LogP contribution in [0.1, 0.15) is 24.0 Å². The molecule has 0 unspecified atom stereocenters. The van der Waals surface area contributed by atoms with Crippen LogP contribution in [-0.2, 0) is 16.0 Å². The minimum atomic E-state index is -0.745. The minimum Gasteiger partial charge on any atom is -0.381 e. The van der Waals surface area contributed by atoms with Crippen LogP contribution in [0.5, 0.6) is 0 Å². The van der Waals surface area contributed by atoms with E-state index in [1.54, 1.807) is 0 Å². The highest BCUT2D eigenvalue weighted by Gasteiger charge is 2.35. The van der Waals surface area contributed by atoms with Crippen molar-refractivity contribution in [1.29, 1.82) is 0 Å². The third-order valence-electron chi connectivity index (χ3n) is 3.62. The molecule has 1 fully saturated rings. The molecule has 0 spiro atoms. The first kappa shape index (κ1) is 14.0. The third kappa shape index (κ3) is 3.78. The van der Waals surface area contributed by atoms with Crippen molar-refractivity contribution >= 4 is 5.91 Å². The van der Waals surface area contributed by atoms with Gasteiger partial charge < -0.3 is 15.8 Å². The van der Waals surface area contributed by atoms with Crippen molar-refractivity contribution in [2.45, 2.75) is 31.7 Å². The largest absolute Gasteiger partial charge is 0.381 e. The van der Waals surface area contributed by atoms with Gasteiger partial charge in [0.1, 0.15) is 0 Å². The number of ether oxygens (including phenoxy) is 1. The predicted molar refractivity (Wildman–Crippen MR) is 74.9 cm³/mol. The summed E-state index contributed by atoms with van der Waals surface area (Å²) in [5.74, 6) is -0.0524. The first-order chi connectivity index (χ1) is 9.10. The molecule has 3 N–H and O–H groups in total. The molecule has 4 nitrogen and oxygen atoms in total. The zero-order valence-electron chi connectivity index (χ0n) is 11.4. The Bertz CT molecular complexity index is 440. The molecular weight excluding hydrogens is 240 g/mol. The van der Waals surface area contributed by atoms with Crippen molar-refractivity contribution in [2.75, 3.05) is 19.8 Å². The highest BCUT2D eigenvalue weighted by Crippen LogP contribution is 2.17. The Morgan fingerprint density at radius 2 is 2.16 bits per heavy atom. The van der Waals surface area contributed by atoms with E-state index in [4.69, 9.17) is 10.5 Å². The summed E-state index contributed by atoms with van der Waals surface area (Å²) in [6.07, 6.45) is 2.03. The number of hydrogen-bond acceptors (Lipinski definition) is 3. The van der Waals surface area contributed by atoms with Crippen LogP contribution in [0.3, 0.4) is 0 Å². The molecule has 1 amide bonds. The van der Waals surface area contributed by atoms with Gasteiger partial charge >= 0.3 is 0 Å². The smallest absolute Gasteiger partial charge is 0.240 e. The molecule has 1 aliphatic heterocycles. The molecule has 0 aliphatic carbocycles. The predicted octanol–water partition coefficient (Wildman–Crippen LogP) is 1.16. The molecule has 0 aromatic heterocycles. The van der Waals surface area contributed by atoms with Gasteiger partial charge in [0.05, 0.1) is 5.54 Å². The molecule has 1 heterocycles. The van der Waals surface area contributed by atoms with Crippen molar-refractivity contribution in [3.63, 3.8) is 0 Å². The van der Waals surface area contributed by atoms with Gasteiger partial charge in [-0.15, -0.1) is 0 Å². The highest BCUT2D eigenvalue weighted by molar-refractivity contribution is 5.86. The zero-order valence-corrected chi connectivity index (χ0v) is 11.4. The SMILES string of the molecule is Cc1cccc(CCNC(=O)C2(N)CCOCC2)c1. The summed E-state index contributed by atoms with van der Waals surface area (Å²) in [5.41, 5.74) is 7.84. The van der Waals surface area contributed by atoms with Crippen molar-refractivity contribution in [3.05, 3.63) is 35.4 Å². The van der Waals surface area contributed by atoms with Gasteiger partial charge in [-0.25, -0.2) is 0 Å². The molecule has 1 aromatic rings. The van der Waals surface area contributed by atoms with Crippen LogP contribution in [0.2, 0.25) is 0 Å². The second-order valence-corrected chi connectivity index (χ2v) is 5.26. The van der Waals surface area contributed by atoms with Crippen molar-refractivity contribution in [1.82, 2.24) is 5.32 Å². The molecule has 0 radical (unpaired) electrons. The fourth-order valence-electron chi connectivity index (χ4n) is 2.33. The van der Waals surface area contributed by atoms with Gasteiger partial charge in [-0.1, -0.05) is 29.8 Å². The Hall–Kier alpha value is -1.39. The van der Waals surface area contributed by atoms with Gasteiger partial charge in [-0.05, 0) is 31.7 Å². The third-order valence-corrected chi connectivity index (χ3v) is 3.62. The van der Waals surface area contributed by atoms with Gasteiger partial charge in [0, 0.05) is 19.8 Å². The lowest BCUT2D eigenvalue weighted by molar-refractivity contribution is -0.129. The van der Waals surface area contributed by atoms with E-state index in [9.17, 15) is 4.79 Å². The van der Waals surface area contributed by atoms with Crippen LogP contribution in [0.15, 0.2) is 24.3 Å². The van der Waals surface area contributed by atoms with Crippen LogP contribution in [-0.4, -0.2) is 31.2 Å². The average Bonchev–Trinajstić information content (AvgIpc) is 2.39. The van der Waals surface area contributed by atoms with E-state index in [-0.39, 0.29) is 5.91 Å². The Morgan fingerprint density at radius 1 is 1.42 bits per heavy atom. The van der Waals surface area contributed by atoms with Crippen LogP contribution >= 0.6 is 0 Å². The Labute approximate surface area is 114 Å². The van der Waals surface area contributed by atoms with Crippen LogP contribution < -0.4 is 11.1 Å². The maximum absolute atomic E-state index is 12.1. The fourth-order valence-corrected chi connectivity index (χ4v) is 2.33. The van der Waals surface area contributed by atoms with Gasteiger partial charge in [-0.2, -0.15) is 0 Å². The summed E-state index contributed by atoms with van der Waals surface area (Å²) in [4.78, 5) is 12.1. The number of nitrogens with one attached hydrogen (secondary N) is 1. The molecule has 0 atom stereocenters. The lowest BCUT2D eigenvalue weighted by Crippen LogP contribution is -2.57. The molecule has 1 saturated heterocycles. The number of rotatable bonds is 4. The van der Waals surface area contributed by atoms with Gasteiger partial charge in [0.2, 0.25) is 5.91 Å². The summed E-state index contributed by atoms with van der Waals surface area (Å²) in [7, 11) is 0. The number of amides is 1. The van der Waals surface area contributed by atoms with Gasteiger partial charge in [0.15, 0.2) is 0 Å². The van der Waals surface area contributed by atoms with Gasteiger partial charge in [-0.3, -0.25) is 4.79 Å². The lowest BCUT2D eigenvalue weighted by atomic mass is 9.90. The molecule has 1 aliphatic rings. The van der Waals surface area contributed by atoms with E-state index in [1.165, 1.54) is 11.1 Å². The highest BCUT2D eigenvalue weighted by atomic mass is 16.5. The average molecular weight is 262 g/mol. The molecular formula is C15H22N2O2. The van der Waals surface area contributed by atoms with Crippen LogP contribution in [0, 0.1) is 6.92 Å². The van der Waals surface area contributed by atoms with Crippen molar-refractivity contribution < 1.29 is 9.53 Å². The Balaban J connectivity index is 1.80. The number of carbonyl (C=O) groups excluding carboxylic acids is 1. The number of aryl methyl sites for hydroxylation is 1. The number of benzene rings is 1. The second kappa shape index (κ2) is 6.17. The molecule has 2 rings (SSSR count). The van der Waals surface area contributed by atoms with E-state index < -0.39 is 5.54 Å². The molecule has 0 bridgehead atoms. The fraction of sp³-hybridized carbons (Fsp3) is 0.533. The first-order valence-electron chi connectivity index (χ1n) is 6.81. The molecule has 19 heavy (non-hydrogen) atoms. The first-order valence-corrected chi connectivity index (χ1v) is 6.81. The Morgan fingerprint density at radius 3 is 2.84 bits per heavy atom. The number of nitrogens with two attached hydrogens (primary N) is 1. The molecule has 104 valence electrons. The van der Waals surface area contributed by atoms with E-state index >= 15 is 0 Å². The monoisotopic (exact) mass is 262 g/mol. The zero-order chi connectivity index (χ0) is 13.7. The number of hydrogen-bond donors (Lipinski definition) is 2. The normalized spacial score (nSPS) is 18.0. The van der Waals surface area contributed by atoms with Crippen molar-refractivity contribution in [2.24, 2.45) is 5.73 Å². The standard InChI is InChI=1S/C15H22N2O2/c1-12-3-2-4-13(11-12)5-8-17-14(18)15(16)6-9-19-10-7-15/h2-4,11H,5-10,16H2,1H3,(H,17,18). The van der Waals surface area contributed by atoms with E-state index in [2.05, 4.69) is 30.4 Å². The van der Waals surface area contributed by atoms with Crippen LogP contribution in [0.25, 0.3) is 0 Å². The Kier molecular flexibility index (Phi) is 4.56. The van der Waals surface area contributed by atoms with E-state index in [0.29, 0.717) is 32.6 Å². The lowest BCUT2D eigenvalue weighted by Gasteiger charge is -2.31. The minimum absolute atomic E-state index is 0.0524. The maximum Gasteiger partial charge on any atom is 0.240 e.